The highest BCUT2D eigenvalue weighted by Gasteiger charge is 2.07. The van der Waals surface area contributed by atoms with Crippen molar-refractivity contribution in [3.8, 4) is 0 Å². The van der Waals surface area contributed by atoms with Gasteiger partial charge in [-0.1, -0.05) is 6.07 Å². The first-order valence-electron chi connectivity index (χ1n) is 5.91. The van der Waals surface area contributed by atoms with E-state index in [1.165, 1.54) is 0 Å². The van der Waals surface area contributed by atoms with Gasteiger partial charge in [0.2, 0.25) is 0 Å². The Bertz CT molecular complexity index is 473. The first-order valence-corrected chi connectivity index (χ1v) is 6.71. The molecule has 0 aliphatic rings. The molecule has 0 aliphatic heterocycles. The molecular weight excluding hydrogens is 292 g/mol. The zero-order valence-electron chi connectivity index (χ0n) is 9.96. The van der Waals surface area contributed by atoms with Crippen LogP contribution < -0.4 is 0 Å². The smallest absolute Gasteiger partial charge is 0.0598 e. The molecule has 0 radical (unpaired) electrons. The first-order chi connectivity index (χ1) is 8.74. The van der Waals surface area contributed by atoms with Crippen molar-refractivity contribution in [1.29, 1.82) is 0 Å². The molecule has 1 N–H and O–H groups in total. The molecule has 1 atom stereocenters. The summed E-state index contributed by atoms with van der Waals surface area (Å²) in [6.07, 6.45) is 7.14. The van der Waals surface area contributed by atoms with Crippen LogP contribution in [0, 0.1) is 0 Å². The predicted octanol–water partition coefficient (Wildman–Crippen LogP) is 2.78. The van der Waals surface area contributed by atoms with E-state index >= 15 is 0 Å². The summed E-state index contributed by atoms with van der Waals surface area (Å²) in [5.74, 6) is 0. The minimum atomic E-state index is -0.362. The molecule has 2 aromatic heterocycles. The van der Waals surface area contributed by atoms with Gasteiger partial charge in [-0.15, -0.1) is 0 Å². The molecule has 0 bridgehead atoms. The largest absolute Gasteiger partial charge is 0.393 e. The number of hydrogen-bond acceptors (Lipinski definition) is 3. The van der Waals surface area contributed by atoms with Gasteiger partial charge in [0.05, 0.1) is 6.10 Å². The molecule has 0 aliphatic carbocycles. The second kappa shape index (κ2) is 6.61. The van der Waals surface area contributed by atoms with Gasteiger partial charge in [0, 0.05) is 35.2 Å². The topological polar surface area (TPSA) is 46.0 Å². The molecule has 4 heteroatoms. The number of rotatable bonds is 5. The van der Waals surface area contributed by atoms with E-state index in [1.807, 2.05) is 30.5 Å². The third-order valence-electron chi connectivity index (χ3n) is 2.72. The third-order valence-corrected chi connectivity index (χ3v) is 3.19. The lowest BCUT2D eigenvalue weighted by molar-refractivity contribution is 0.164. The number of halogens is 1. The van der Waals surface area contributed by atoms with Crippen LogP contribution in [0.25, 0.3) is 0 Å². The Morgan fingerprint density at radius 2 is 2.11 bits per heavy atom. The zero-order valence-corrected chi connectivity index (χ0v) is 11.5. The van der Waals surface area contributed by atoms with Gasteiger partial charge in [0.1, 0.15) is 0 Å². The van der Waals surface area contributed by atoms with E-state index in [0.29, 0.717) is 6.42 Å². The summed E-state index contributed by atoms with van der Waals surface area (Å²) in [4.78, 5) is 8.31. The zero-order chi connectivity index (χ0) is 12.8. The minimum Gasteiger partial charge on any atom is -0.393 e. The van der Waals surface area contributed by atoms with E-state index < -0.39 is 0 Å². The molecule has 0 saturated heterocycles. The quantitative estimate of drug-likeness (QED) is 0.924. The Morgan fingerprint density at radius 1 is 1.22 bits per heavy atom. The summed E-state index contributed by atoms with van der Waals surface area (Å²) in [6, 6.07) is 7.81. The summed E-state index contributed by atoms with van der Waals surface area (Å²) < 4.78 is 0.955. The van der Waals surface area contributed by atoms with Crippen LogP contribution in [0.5, 0.6) is 0 Å². The number of aliphatic hydroxyl groups excluding tert-OH is 1. The average Bonchev–Trinajstić information content (AvgIpc) is 2.40. The van der Waals surface area contributed by atoms with E-state index in [4.69, 9.17) is 0 Å². The number of nitrogens with zero attached hydrogens (tertiary/aromatic N) is 2. The SMILES string of the molecule is OC(CCc1cccnc1)Cc1ccc(Br)cn1. The van der Waals surface area contributed by atoms with Crippen molar-refractivity contribution in [3.05, 3.63) is 58.6 Å². The van der Waals surface area contributed by atoms with Gasteiger partial charge < -0.3 is 5.11 Å². The van der Waals surface area contributed by atoms with E-state index in [-0.39, 0.29) is 6.10 Å². The van der Waals surface area contributed by atoms with Crippen molar-refractivity contribution in [2.45, 2.75) is 25.4 Å². The normalized spacial score (nSPS) is 12.3. The van der Waals surface area contributed by atoms with E-state index in [9.17, 15) is 5.11 Å². The summed E-state index contributed by atoms with van der Waals surface area (Å²) >= 11 is 3.34. The Labute approximate surface area is 115 Å². The second-order valence-corrected chi connectivity index (χ2v) is 5.14. The lowest BCUT2D eigenvalue weighted by atomic mass is 10.0. The van der Waals surface area contributed by atoms with Crippen LogP contribution in [0.1, 0.15) is 17.7 Å². The molecule has 18 heavy (non-hydrogen) atoms. The maximum absolute atomic E-state index is 9.96. The Balaban J connectivity index is 1.82. The molecule has 2 heterocycles. The first kappa shape index (κ1) is 13.2. The molecule has 0 spiro atoms. The van der Waals surface area contributed by atoms with Crippen molar-refractivity contribution < 1.29 is 5.11 Å². The monoisotopic (exact) mass is 306 g/mol. The molecule has 94 valence electrons. The van der Waals surface area contributed by atoms with Gasteiger partial charge >= 0.3 is 0 Å². The molecular formula is C14H15BrN2O. The van der Waals surface area contributed by atoms with E-state index in [2.05, 4.69) is 25.9 Å². The van der Waals surface area contributed by atoms with Crippen LogP contribution in [0.3, 0.4) is 0 Å². The number of pyridine rings is 2. The summed E-state index contributed by atoms with van der Waals surface area (Å²) in [5, 5.41) is 9.96. The van der Waals surface area contributed by atoms with Crippen LogP contribution in [0.15, 0.2) is 47.3 Å². The van der Waals surface area contributed by atoms with Gasteiger partial charge in [-0.25, -0.2) is 0 Å². The molecule has 0 amide bonds. The van der Waals surface area contributed by atoms with Crippen LogP contribution in [-0.2, 0) is 12.8 Å². The Morgan fingerprint density at radius 3 is 2.78 bits per heavy atom. The van der Waals surface area contributed by atoms with Gasteiger partial charge in [-0.2, -0.15) is 0 Å². The van der Waals surface area contributed by atoms with Crippen molar-refractivity contribution in [2.24, 2.45) is 0 Å². The Hall–Kier alpha value is -1.26. The van der Waals surface area contributed by atoms with Gasteiger partial charge in [0.15, 0.2) is 0 Å². The average molecular weight is 307 g/mol. The molecule has 2 rings (SSSR count). The molecule has 3 nitrogen and oxygen atoms in total. The Kier molecular flexibility index (Phi) is 4.84. The highest BCUT2D eigenvalue weighted by molar-refractivity contribution is 9.10. The van der Waals surface area contributed by atoms with Crippen molar-refractivity contribution in [3.63, 3.8) is 0 Å². The summed E-state index contributed by atoms with van der Waals surface area (Å²) in [6.45, 7) is 0. The highest BCUT2D eigenvalue weighted by Crippen LogP contribution is 2.11. The fraction of sp³-hybridized carbons (Fsp3) is 0.286. The number of hydrogen-bond donors (Lipinski definition) is 1. The van der Waals surface area contributed by atoms with Crippen LogP contribution in [0.2, 0.25) is 0 Å². The van der Waals surface area contributed by atoms with Crippen LogP contribution >= 0.6 is 15.9 Å². The van der Waals surface area contributed by atoms with Crippen molar-refractivity contribution in [2.75, 3.05) is 0 Å². The molecule has 1 unspecified atom stereocenters. The van der Waals surface area contributed by atoms with Crippen molar-refractivity contribution in [1.82, 2.24) is 9.97 Å². The van der Waals surface area contributed by atoms with E-state index in [0.717, 1.165) is 28.6 Å². The van der Waals surface area contributed by atoms with Gasteiger partial charge in [-0.05, 0) is 52.5 Å². The van der Waals surface area contributed by atoms with Gasteiger partial charge in [0.25, 0.3) is 0 Å². The molecule has 0 saturated carbocycles. The lowest BCUT2D eigenvalue weighted by Gasteiger charge is -2.09. The number of aliphatic hydroxyl groups is 1. The minimum absolute atomic E-state index is 0.362. The highest BCUT2D eigenvalue weighted by atomic mass is 79.9. The number of aryl methyl sites for hydroxylation is 1. The molecule has 0 aromatic carbocycles. The third kappa shape index (κ3) is 4.20. The van der Waals surface area contributed by atoms with Crippen LogP contribution in [-0.4, -0.2) is 21.2 Å². The van der Waals surface area contributed by atoms with E-state index in [1.54, 1.807) is 12.4 Å². The van der Waals surface area contributed by atoms with Gasteiger partial charge in [-0.3, -0.25) is 9.97 Å². The summed E-state index contributed by atoms with van der Waals surface area (Å²) in [7, 11) is 0. The predicted molar refractivity (Wildman–Crippen MR) is 74.2 cm³/mol. The second-order valence-electron chi connectivity index (χ2n) is 4.23. The fourth-order valence-electron chi connectivity index (χ4n) is 1.75. The number of aromatic nitrogens is 2. The maximum Gasteiger partial charge on any atom is 0.0598 e. The summed E-state index contributed by atoms with van der Waals surface area (Å²) in [5.41, 5.74) is 2.07. The van der Waals surface area contributed by atoms with Crippen LogP contribution in [0.4, 0.5) is 0 Å². The maximum atomic E-state index is 9.96. The molecule has 0 fully saturated rings. The molecule has 2 aromatic rings. The fourth-order valence-corrected chi connectivity index (χ4v) is 1.98. The lowest BCUT2D eigenvalue weighted by Crippen LogP contribution is -2.12. The standard InChI is InChI=1S/C14H15BrN2O/c15-12-4-5-13(17-10-12)8-14(18)6-3-11-2-1-7-16-9-11/h1-2,4-5,7,9-10,14,18H,3,6,8H2. The van der Waals surface area contributed by atoms with Crippen molar-refractivity contribution >= 4 is 15.9 Å².